The van der Waals surface area contributed by atoms with Gasteiger partial charge in [-0.1, -0.05) is 43.3 Å². The number of amides is 1. The van der Waals surface area contributed by atoms with Gasteiger partial charge in [-0.15, -0.1) is 0 Å². The van der Waals surface area contributed by atoms with Gasteiger partial charge < -0.3 is 10.6 Å². The lowest BCUT2D eigenvalue weighted by molar-refractivity contribution is 0.0952. The van der Waals surface area contributed by atoms with Gasteiger partial charge >= 0.3 is 0 Å². The molecule has 0 saturated heterocycles. The predicted octanol–water partition coefficient (Wildman–Crippen LogP) is 2.57. The normalized spacial score (nSPS) is 12.3. The van der Waals surface area contributed by atoms with Crippen LogP contribution in [0.3, 0.4) is 0 Å². The third-order valence-corrected chi connectivity index (χ3v) is 3.16. The average molecular weight is 256 g/mol. The summed E-state index contributed by atoms with van der Waals surface area (Å²) in [5.74, 6) is -0.0125. The highest BCUT2D eigenvalue weighted by atomic mass is 16.1. The zero-order valence-corrected chi connectivity index (χ0v) is 11.4. The van der Waals surface area contributed by atoms with Crippen molar-refractivity contribution in [2.45, 2.75) is 19.9 Å². The fraction of sp³-hybridized carbons (Fsp3) is 0.312. The standard InChI is InChI=1S/C16H20N2O/c1-3-17-12(2)11-18-16(19)15-10-6-8-13-7-4-5-9-14(13)15/h4-10,12,17H,3,11H2,1-2H3,(H,18,19)/t12-/m1/s1. The molecule has 2 aromatic rings. The molecule has 0 fully saturated rings. The second-order valence-corrected chi connectivity index (χ2v) is 4.70. The highest BCUT2D eigenvalue weighted by Gasteiger charge is 2.10. The van der Waals surface area contributed by atoms with Crippen LogP contribution in [0.15, 0.2) is 42.5 Å². The average Bonchev–Trinajstić information content (AvgIpc) is 2.44. The van der Waals surface area contributed by atoms with E-state index in [-0.39, 0.29) is 11.9 Å². The molecule has 0 aliphatic heterocycles. The molecule has 0 bridgehead atoms. The Balaban J connectivity index is 2.13. The van der Waals surface area contributed by atoms with E-state index >= 15 is 0 Å². The molecule has 0 spiro atoms. The van der Waals surface area contributed by atoms with Crippen LogP contribution in [0.25, 0.3) is 10.8 Å². The first-order valence-electron chi connectivity index (χ1n) is 6.71. The van der Waals surface area contributed by atoms with Gasteiger partial charge in [0.15, 0.2) is 0 Å². The summed E-state index contributed by atoms with van der Waals surface area (Å²) < 4.78 is 0. The monoisotopic (exact) mass is 256 g/mol. The molecule has 2 N–H and O–H groups in total. The van der Waals surface area contributed by atoms with Gasteiger partial charge in [0.25, 0.3) is 5.91 Å². The maximum atomic E-state index is 12.2. The van der Waals surface area contributed by atoms with Crippen molar-refractivity contribution < 1.29 is 4.79 Å². The topological polar surface area (TPSA) is 41.1 Å². The van der Waals surface area contributed by atoms with Gasteiger partial charge in [-0.3, -0.25) is 4.79 Å². The van der Waals surface area contributed by atoms with Gasteiger partial charge in [-0.05, 0) is 30.3 Å². The minimum atomic E-state index is -0.0125. The molecular formula is C16H20N2O. The molecular weight excluding hydrogens is 236 g/mol. The molecule has 0 saturated carbocycles. The van der Waals surface area contributed by atoms with Crippen molar-refractivity contribution in [3.63, 3.8) is 0 Å². The zero-order chi connectivity index (χ0) is 13.7. The Hall–Kier alpha value is -1.87. The summed E-state index contributed by atoms with van der Waals surface area (Å²) in [5, 5.41) is 8.34. The Kier molecular flexibility index (Phi) is 4.53. The number of fused-ring (bicyclic) bond motifs is 1. The second kappa shape index (κ2) is 6.34. The van der Waals surface area contributed by atoms with E-state index in [1.165, 1.54) is 0 Å². The number of likely N-dealkylation sites (N-methyl/N-ethyl adjacent to an activating group) is 1. The van der Waals surface area contributed by atoms with E-state index in [2.05, 4.69) is 24.5 Å². The SMILES string of the molecule is CCN[C@H](C)CNC(=O)c1cccc2ccccc12. The molecule has 0 aliphatic rings. The van der Waals surface area contributed by atoms with Gasteiger partial charge in [0.05, 0.1) is 0 Å². The van der Waals surface area contributed by atoms with Gasteiger partial charge in [0, 0.05) is 18.2 Å². The van der Waals surface area contributed by atoms with Crippen molar-refractivity contribution in [2.24, 2.45) is 0 Å². The summed E-state index contributed by atoms with van der Waals surface area (Å²) in [7, 11) is 0. The predicted molar refractivity (Wildman–Crippen MR) is 79.4 cm³/mol. The van der Waals surface area contributed by atoms with Crippen molar-refractivity contribution in [1.82, 2.24) is 10.6 Å². The molecule has 0 radical (unpaired) electrons. The van der Waals surface area contributed by atoms with Crippen LogP contribution in [0.4, 0.5) is 0 Å². The number of hydrogen-bond donors (Lipinski definition) is 2. The Labute approximate surface area is 114 Å². The molecule has 0 aliphatic carbocycles. The molecule has 1 amide bonds. The summed E-state index contributed by atoms with van der Waals surface area (Å²) in [6, 6.07) is 14.0. The number of carbonyl (C=O) groups is 1. The van der Waals surface area contributed by atoms with E-state index in [4.69, 9.17) is 0 Å². The molecule has 0 aromatic heterocycles. The van der Waals surface area contributed by atoms with Crippen LogP contribution in [-0.2, 0) is 0 Å². The molecule has 19 heavy (non-hydrogen) atoms. The Morgan fingerprint density at radius 1 is 1.16 bits per heavy atom. The minimum absolute atomic E-state index is 0.0125. The summed E-state index contributed by atoms with van der Waals surface area (Å²) >= 11 is 0. The molecule has 100 valence electrons. The molecule has 3 heteroatoms. The largest absolute Gasteiger partial charge is 0.350 e. The van der Waals surface area contributed by atoms with Crippen LogP contribution in [0.5, 0.6) is 0 Å². The fourth-order valence-corrected chi connectivity index (χ4v) is 2.19. The van der Waals surface area contributed by atoms with Crippen LogP contribution < -0.4 is 10.6 Å². The van der Waals surface area contributed by atoms with E-state index in [1.54, 1.807) is 0 Å². The Bertz CT molecular complexity index is 560. The summed E-state index contributed by atoms with van der Waals surface area (Å²) in [5.41, 5.74) is 0.738. The number of hydrogen-bond acceptors (Lipinski definition) is 2. The lowest BCUT2D eigenvalue weighted by Crippen LogP contribution is -2.38. The zero-order valence-electron chi connectivity index (χ0n) is 11.4. The molecule has 0 unspecified atom stereocenters. The smallest absolute Gasteiger partial charge is 0.251 e. The maximum Gasteiger partial charge on any atom is 0.251 e. The third kappa shape index (κ3) is 3.32. The van der Waals surface area contributed by atoms with Crippen molar-refractivity contribution in [1.29, 1.82) is 0 Å². The summed E-state index contributed by atoms with van der Waals surface area (Å²) in [4.78, 5) is 12.2. The van der Waals surface area contributed by atoms with Crippen LogP contribution in [0.2, 0.25) is 0 Å². The van der Waals surface area contributed by atoms with Gasteiger partial charge in [-0.25, -0.2) is 0 Å². The van der Waals surface area contributed by atoms with E-state index in [0.717, 1.165) is 22.9 Å². The van der Waals surface area contributed by atoms with Crippen molar-refractivity contribution in [3.8, 4) is 0 Å². The second-order valence-electron chi connectivity index (χ2n) is 4.70. The van der Waals surface area contributed by atoms with Gasteiger partial charge in [0.1, 0.15) is 0 Å². The molecule has 3 nitrogen and oxygen atoms in total. The Morgan fingerprint density at radius 3 is 2.68 bits per heavy atom. The lowest BCUT2D eigenvalue weighted by Gasteiger charge is -2.14. The van der Waals surface area contributed by atoms with Crippen LogP contribution >= 0.6 is 0 Å². The molecule has 2 rings (SSSR count). The summed E-state index contributed by atoms with van der Waals surface area (Å²) in [6.07, 6.45) is 0. The van der Waals surface area contributed by atoms with E-state index < -0.39 is 0 Å². The van der Waals surface area contributed by atoms with Crippen LogP contribution in [0, 0.1) is 0 Å². The Morgan fingerprint density at radius 2 is 1.89 bits per heavy atom. The molecule has 1 atom stereocenters. The highest BCUT2D eigenvalue weighted by Crippen LogP contribution is 2.18. The van der Waals surface area contributed by atoms with Crippen LogP contribution in [0.1, 0.15) is 24.2 Å². The lowest BCUT2D eigenvalue weighted by atomic mass is 10.0. The van der Waals surface area contributed by atoms with Crippen molar-refractivity contribution in [2.75, 3.05) is 13.1 Å². The number of nitrogens with one attached hydrogen (secondary N) is 2. The highest BCUT2D eigenvalue weighted by molar-refractivity contribution is 6.06. The van der Waals surface area contributed by atoms with E-state index in [0.29, 0.717) is 6.54 Å². The van der Waals surface area contributed by atoms with Gasteiger partial charge in [0.2, 0.25) is 0 Å². The van der Waals surface area contributed by atoms with E-state index in [9.17, 15) is 4.79 Å². The molecule has 0 heterocycles. The number of benzene rings is 2. The fourth-order valence-electron chi connectivity index (χ4n) is 2.19. The van der Waals surface area contributed by atoms with E-state index in [1.807, 2.05) is 42.5 Å². The number of rotatable bonds is 5. The minimum Gasteiger partial charge on any atom is -0.350 e. The number of carbonyl (C=O) groups excluding carboxylic acids is 1. The first kappa shape index (κ1) is 13.6. The maximum absolute atomic E-state index is 12.2. The quantitative estimate of drug-likeness (QED) is 0.863. The molecule has 2 aromatic carbocycles. The van der Waals surface area contributed by atoms with Crippen molar-refractivity contribution >= 4 is 16.7 Å². The van der Waals surface area contributed by atoms with Crippen LogP contribution in [-0.4, -0.2) is 25.0 Å². The summed E-state index contributed by atoms with van der Waals surface area (Å²) in [6.45, 7) is 5.66. The first-order chi connectivity index (χ1) is 9.22. The third-order valence-electron chi connectivity index (χ3n) is 3.16. The first-order valence-corrected chi connectivity index (χ1v) is 6.71. The van der Waals surface area contributed by atoms with Gasteiger partial charge in [-0.2, -0.15) is 0 Å². The van der Waals surface area contributed by atoms with Crippen molar-refractivity contribution in [3.05, 3.63) is 48.0 Å².